The van der Waals surface area contributed by atoms with Crippen LogP contribution in [0.15, 0.2) is 39.5 Å². The summed E-state index contributed by atoms with van der Waals surface area (Å²) in [5.41, 5.74) is 5.96. The maximum Gasteiger partial charge on any atom is 0.195 e. The van der Waals surface area contributed by atoms with Gasteiger partial charge in [0.25, 0.3) is 0 Å². The number of benzene rings is 2. The van der Waals surface area contributed by atoms with Crippen molar-refractivity contribution in [1.82, 2.24) is 0 Å². The molecule has 1 aromatic heterocycles. The minimum absolute atomic E-state index is 0.0305. The average molecular weight is 375 g/mol. The molecule has 4 heteroatoms. The van der Waals surface area contributed by atoms with Crippen LogP contribution in [0.3, 0.4) is 0 Å². The molecule has 1 N–H and O–H groups in total. The van der Waals surface area contributed by atoms with Crippen molar-refractivity contribution in [2.24, 2.45) is 5.92 Å². The molecular weight excluding hydrogens is 350 g/mol. The number of rotatable bonds is 0. The van der Waals surface area contributed by atoms with Crippen molar-refractivity contribution in [3.05, 3.63) is 68.6 Å². The van der Waals surface area contributed by atoms with Crippen LogP contribution in [0.1, 0.15) is 47.9 Å². The van der Waals surface area contributed by atoms with Gasteiger partial charge in [-0.15, -0.1) is 0 Å². The van der Waals surface area contributed by atoms with Crippen molar-refractivity contribution >= 4 is 16.7 Å². The highest BCUT2D eigenvalue weighted by Crippen LogP contribution is 2.53. The Kier molecular flexibility index (Phi) is 3.49. The highest BCUT2D eigenvalue weighted by Gasteiger charge is 2.47. The molecule has 0 radical (unpaired) electrons. The van der Waals surface area contributed by atoms with Crippen LogP contribution in [0, 0.1) is 26.7 Å². The van der Waals surface area contributed by atoms with Gasteiger partial charge in [0, 0.05) is 22.6 Å². The molecule has 2 aliphatic rings. The van der Waals surface area contributed by atoms with Gasteiger partial charge in [-0.3, -0.25) is 4.79 Å². The third-order valence-electron chi connectivity index (χ3n) is 6.76. The normalized spacial score (nSPS) is 21.9. The molecule has 2 aromatic carbocycles. The quantitative estimate of drug-likeness (QED) is 0.589. The second-order valence-electron chi connectivity index (χ2n) is 8.78. The predicted octanol–water partition coefficient (Wildman–Crippen LogP) is 5.17. The van der Waals surface area contributed by atoms with E-state index in [2.05, 4.69) is 44.3 Å². The Bertz CT molecular complexity index is 1190. The fraction of sp³-hybridized carbons (Fsp3) is 0.375. The Balaban J connectivity index is 1.79. The minimum atomic E-state index is -0.0723. The molecular formula is C24H25NO3. The lowest BCUT2D eigenvalue weighted by Gasteiger charge is -2.48. The van der Waals surface area contributed by atoms with Gasteiger partial charge >= 0.3 is 0 Å². The summed E-state index contributed by atoms with van der Waals surface area (Å²) in [6.45, 7) is 11.0. The van der Waals surface area contributed by atoms with Gasteiger partial charge in [0.05, 0.1) is 23.6 Å². The minimum Gasteiger partial charge on any atom is -0.493 e. The Morgan fingerprint density at radius 1 is 1.11 bits per heavy atom. The second-order valence-corrected chi connectivity index (χ2v) is 8.78. The molecule has 0 saturated carbocycles. The molecule has 4 nitrogen and oxygen atoms in total. The van der Waals surface area contributed by atoms with E-state index in [0.29, 0.717) is 28.9 Å². The van der Waals surface area contributed by atoms with E-state index in [1.807, 2.05) is 26.0 Å². The summed E-state index contributed by atoms with van der Waals surface area (Å²) in [4.78, 5) is 12.8. The summed E-state index contributed by atoms with van der Waals surface area (Å²) in [6.07, 6.45) is 0. The first-order chi connectivity index (χ1) is 13.3. The lowest BCUT2D eigenvalue weighted by Crippen LogP contribution is -2.46. The number of hydrogen-bond donors (Lipinski definition) is 1. The van der Waals surface area contributed by atoms with Crippen LogP contribution in [-0.2, 0) is 5.41 Å². The van der Waals surface area contributed by atoms with E-state index in [9.17, 15) is 4.79 Å². The molecule has 0 spiro atoms. The molecule has 0 fully saturated rings. The fourth-order valence-electron chi connectivity index (χ4n) is 4.84. The highest BCUT2D eigenvalue weighted by atomic mass is 16.5. The number of anilines is 1. The SMILES string of the molecule is Cc1ccc2c(c1)C(C)(C)[C@H]1COc3ccc4c(=O)c(C)c(C)oc4c3[C@H]1N2. The molecule has 28 heavy (non-hydrogen) atoms. The Hall–Kier alpha value is -2.75. The third-order valence-corrected chi connectivity index (χ3v) is 6.76. The standard InChI is InChI=1S/C24H25NO3/c1-12-6-8-18-16(10-12)24(4,5)17-11-27-19-9-7-15-22(26)13(2)14(3)28-23(15)20(19)21(17)25-18/h6-10,17,21,25H,11H2,1-5H3/t17-,21-/m0/s1. The van der Waals surface area contributed by atoms with Crippen molar-refractivity contribution in [3.63, 3.8) is 0 Å². The van der Waals surface area contributed by atoms with Gasteiger partial charge < -0.3 is 14.5 Å². The van der Waals surface area contributed by atoms with Crippen LogP contribution in [-0.4, -0.2) is 6.61 Å². The average Bonchev–Trinajstić information content (AvgIpc) is 2.66. The van der Waals surface area contributed by atoms with Crippen molar-refractivity contribution in [1.29, 1.82) is 0 Å². The zero-order valence-electron chi connectivity index (χ0n) is 17.0. The van der Waals surface area contributed by atoms with Gasteiger partial charge in [0.1, 0.15) is 17.1 Å². The predicted molar refractivity (Wildman–Crippen MR) is 112 cm³/mol. The summed E-state index contributed by atoms with van der Waals surface area (Å²) in [7, 11) is 0. The zero-order chi connectivity index (χ0) is 19.8. The van der Waals surface area contributed by atoms with Crippen molar-refractivity contribution in [2.45, 2.75) is 46.1 Å². The van der Waals surface area contributed by atoms with Crippen molar-refractivity contribution in [3.8, 4) is 5.75 Å². The topological polar surface area (TPSA) is 51.5 Å². The largest absolute Gasteiger partial charge is 0.493 e. The van der Waals surface area contributed by atoms with Crippen molar-refractivity contribution in [2.75, 3.05) is 11.9 Å². The Morgan fingerprint density at radius 2 is 1.89 bits per heavy atom. The second kappa shape index (κ2) is 5.63. The Morgan fingerprint density at radius 3 is 2.68 bits per heavy atom. The molecule has 3 heterocycles. The van der Waals surface area contributed by atoms with Gasteiger partial charge in [-0.05, 0) is 44.5 Å². The van der Waals surface area contributed by atoms with E-state index in [0.717, 1.165) is 17.0 Å². The van der Waals surface area contributed by atoms with E-state index in [1.54, 1.807) is 0 Å². The molecule has 5 rings (SSSR count). The maximum absolute atomic E-state index is 12.8. The van der Waals surface area contributed by atoms with Gasteiger partial charge in [-0.1, -0.05) is 31.5 Å². The van der Waals surface area contributed by atoms with E-state index < -0.39 is 0 Å². The summed E-state index contributed by atoms with van der Waals surface area (Å²) in [5, 5.41) is 4.37. The first-order valence-electron chi connectivity index (χ1n) is 9.86. The number of aryl methyl sites for hydroxylation is 2. The fourth-order valence-corrected chi connectivity index (χ4v) is 4.84. The number of ether oxygens (including phenoxy) is 1. The lowest BCUT2D eigenvalue weighted by atomic mass is 9.65. The van der Waals surface area contributed by atoms with Crippen LogP contribution in [0.25, 0.3) is 11.0 Å². The maximum atomic E-state index is 12.8. The van der Waals surface area contributed by atoms with Gasteiger partial charge in [0.2, 0.25) is 0 Å². The van der Waals surface area contributed by atoms with Gasteiger partial charge in [-0.2, -0.15) is 0 Å². The van der Waals surface area contributed by atoms with Crippen molar-refractivity contribution < 1.29 is 9.15 Å². The third kappa shape index (κ3) is 2.20. The molecule has 0 aliphatic carbocycles. The summed E-state index contributed by atoms with van der Waals surface area (Å²) < 4.78 is 12.4. The smallest absolute Gasteiger partial charge is 0.195 e. The number of hydrogen-bond acceptors (Lipinski definition) is 4. The first-order valence-corrected chi connectivity index (χ1v) is 9.86. The molecule has 2 atom stereocenters. The molecule has 3 aromatic rings. The van der Waals surface area contributed by atoms with Crippen LogP contribution in [0.5, 0.6) is 5.75 Å². The van der Waals surface area contributed by atoms with E-state index >= 15 is 0 Å². The van der Waals surface area contributed by atoms with Crippen LogP contribution in [0.2, 0.25) is 0 Å². The first kappa shape index (κ1) is 17.4. The van der Waals surface area contributed by atoms with E-state index in [-0.39, 0.29) is 22.8 Å². The monoisotopic (exact) mass is 375 g/mol. The summed E-state index contributed by atoms with van der Waals surface area (Å²) in [5.74, 6) is 1.70. The van der Waals surface area contributed by atoms with Crippen LogP contribution >= 0.6 is 0 Å². The van der Waals surface area contributed by atoms with Gasteiger partial charge in [-0.25, -0.2) is 0 Å². The summed E-state index contributed by atoms with van der Waals surface area (Å²) in [6, 6.07) is 10.3. The van der Waals surface area contributed by atoms with E-state index in [4.69, 9.17) is 9.15 Å². The molecule has 0 bridgehead atoms. The zero-order valence-corrected chi connectivity index (χ0v) is 17.0. The van der Waals surface area contributed by atoms with Gasteiger partial charge in [0.15, 0.2) is 5.43 Å². The lowest BCUT2D eigenvalue weighted by molar-refractivity contribution is 0.136. The number of fused-ring (bicyclic) bond motifs is 6. The highest BCUT2D eigenvalue weighted by molar-refractivity contribution is 5.84. The summed E-state index contributed by atoms with van der Waals surface area (Å²) >= 11 is 0. The van der Waals surface area contributed by atoms with Crippen LogP contribution < -0.4 is 15.5 Å². The molecule has 144 valence electrons. The molecule has 2 aliphatic heterocycles. The Labute approximate surface area is 164 Å². The van der Waals surface area contributed by atoms with E-state index in [1.165, 1.54) is 11.1 Å². The van der Waals surface area contributed by atoms with Crippen LogP contribution in [0.4, 0.5) is 5.69 Å². The molecule has 0 unspecified atom stereocenters. The molecule has 0 amide bonds. The molecule has 0 saturated heterocycles. The number of nitrogens with one attached hydrogen (secondary N) is 1.